The molecule has 0 aromatic heterocycles. The molecular formula is C12H15BrClNO3. The summed E-state index contributed by atoms with van der Waals surface area (Å²) < 4.78 is 11.0. The molecule has 1 amide bonds. The molecule has 0 aliphatic carbocycles. The predicted octanol–water partition coefficient (Wildman–Crippen LogP) is 2.63. The Morgan fingerprint density at radius 2 is 2.28 bits per heavy atom. The molecule has 0 unspecified atom stereocenters. The Balaban J connectivity index is 2.42. The summed E-state index contributed by atoms with van der Waals surface area (Å²) in [5, 5.41) is 3.36. The minimum atomic E-state index is -0.193. The predicted molar refractivity (Wildman–Crippen MR) is 74.1 cm³/mol. The first kappa shape index (κ1) is 15.3. The molecule has 0 heterocycles. The van der Waals surface area contributed by atoms with E-state index in [1.54, 1.807) is 25.3 Å². The van der Waals surface area contributed by atoms with Gasteiger partial charge in [0.25, 0.3) is 5.91 Å². The molecule has 1 rings (SSSR count). The number of nitrogens with one attached hydrogen (secondary N) is 1. The number of amides is 1. The summed E-state index contributed by atoms with van der Waals surface area (Å²) in [4.78, 5) is 11.5. The van der Waals surface area contributed by atoms with Crippen molar-refractivity contribution >= 4 is 33.4 Å². The average Bonchev–Trinajstić information content (AvgIpc) is 2.28. The van der Waals surface area contributed by atoms with Gasteiger partial charge in [0.1, 0.15) is 5.75 Å². The number of hydrogen-bond acceptors (Lipinski definition) is 3. The van der Waals surface area contributed by atoms with Crippen LogP contribution in [0.2, 0.25) is 5.02 Å². The van der Waals surface area contributed by atoms with Crippen molar-refractivity contribution in [1.82, 2.24) is 5.32 Å². The molecule has 0 aliphatic heterocycles. The summed E-state index contributed by atoms with van der Waals surface area (Å²) in [5.74, 6) is 0.385. The van der Waals surface area contributed by atoms with Gasteiger partial charge in [-0.1, -0.05) is 11.6 Å². The van der Waals surface area contributed by atoms with E-state index < -0.39 is 0 Å². The number of carbonyl (C=O) groups is 1. The van der Waals surface area contributed by atoms with Crippen LogP contribution < -0.4 is 10.1 Å². The number of halogens is 2. The van der Waals surface area contributed by atoms with E-state index >= 15 is 0 Å². The zero-order valence-corrected chi connectivity index (χ0v) is 12.5. The third-order valence-electron chi connectivity index (χ3n) is 2.08. The van der Waals surface area contributed by atoms with Crippen LogP contribution in [0.1, 0.15) is 6.92 Å². The van der Waals surface area contributed by atoms with Crippen LogP contribution in [-0.4, -0.2) is 32.3 Å². The van der Waals surface area contributed by atoms with Gasteiger partial charge in [-0.3, -0.25) is 4.79 Å². The highest BCUT2D eigenvalue weighted by atomic mass is 79.9. The van der Waals surface area contributed by atoms with Crippen molar-refractivity contribution in [2.24, 2.45) is 0 Å². The summed E-state index contributed by atoms with van der Waals surface area (Å²) in [7, 11) is 1.59. The molecule has 1 aromatic carbocycles. The molecule has 1 aromatic rings. The maximum atomic E-state index is 11.5. The second-order valence-corrected chi connectivity index (χ2v) is 5.08. The van der Waals surface area contributed by atoms with Crippen LogP contribution in [0.25, 0.3) is 0 Å². The summed E-state index contributed by atoms with van der Waals surface area (Å²) in [6.07, 6.45) is 0. The van der Waals surface area contributed by atoms with Crippen molar-refractivity contribution in [1.29, 1.82) is 0 Å². The molecule has 0 radical (unpaired) electrons. The Bertz CT molecular complexity index is 414. The number of ether oxygens (including phenoxy) is 2. The first-order valence-corrected chi connectivity index (χ1v) is 6.56. The zero-order valence-electron chi connectivity index (χ0n) is 10.2. The van der Waals surface area contributed by atoms with Crippen LogP contribution in [0.4, 0.5) is 0 Å². The lowest BCUT2D eigenvalue weighted by Gasteiger charge is -2.13. The van der Waals surface area contributed by atoms with Crippen molar-refractivity contribution in [3.63, 3.8) is 0 Å². The summed E-state index contributed by atoms with van der Waals surface area (Å²) in [6.45, 7) is 2.28. The molecule has 6 heteroatoms. The minimum absolute atomic E-state index is 0.0419. The lowest BCUT2D eigenvalue weighted by Crippen LogP contribution is -2.38. The fraction of sp³-hybridized carbons (Fsp3) is 0.417. The van der Waals surface area contributed by atoms with E-state index in [1.165, 1.54) is 0 Å². The van der Waals surface area contributed by atoms with Crippen molar-refractivity contribution in [2.75, 3.05) is 20.3 Å². The molecule has 100 valence electrons. The molecular weight excluding hydrogens is 321 g/mol. The SMILES string of the molecule is COC[C@H](C)NC(=O)COc1ccc(Cl)cc1Br. The highest BCUT2D eigenvalue weighted by Crippen LogP contribution is 2.27. The minimum Gasteiger partial charge on any atom is -0.483 e. The molecule has 0 saturated carbocycles. The fourth-order valence-corrected chi connectivity index (χ4v) is 2.14. The van der Waals surface area contributed by atoms with Crippen molar-refractivity contribution in [2.45, 2.75) is 13.0 Å². The van der Waals surface area contributed by atoms with E-state index in [9.17, 15) is 4.79 Å². The first-order chi connectivity index (χ1) is 8.52. The van der Waals surface area contributed by atoms with Crippen LogP contribution in [0.15, 0.2) is 22.7 Å². The van der Waals surface area contributed by atoms with E-state index in [-0.39, 0.29) is 18.6 Å². The monoisotopic (exact) mass is 335 g/mol. The van der Waals surface area contributed by atoms with Crippen LogP contribution in [0.5, 0.6) is 5.75 Å². The van der Waals surface area contributed by atoms with Crippen LogP contribution in [0, 0.1) is 0 Å². The molecule has 18 heavy (non-hydrogen) atoms. The molecule has 1 atom stereocenters. The summed E-state index contributed by atoms with van der Waals surface area (Å²) in [6, 6.07) is 5.08. The second kappa shape index (κ2) is 7.61. The summed E-state index contributed by atoms with van der Waals surface area (Å²) >= 11 is 9.12. The maximum absolute atomic E-state index is 11.5. The van der Waals surface area contributed by atoms with E-state index in [2.05, 4.69) is 21.2 Å². The molecule has 0 spiro atoms. The van der Waals surface area contributed by atoms with Crippen LogP contribution >= 0.6 is 27.5 Å². The van der Waals surface area contributed by atoms with E-state index in [0.717, 1.165) is 0 Å². The highest BCUT2D eigenvalue weighted by molar-refractivity contribution is 9.10. The van der Waals surface area contributed by atoms with Gasteiger partial charge < -0.3 is 14.8 Å². The normalized spacial score (nSPS) is 12.0. The Kier molecular flexibility index (Phi) is 6.46. The largest absolute Gasteiger partial charge is 0.483 e. The Labute approximate surface area is 120 Å². The molecule has 0 aliphatic rings. The van der Waals surface area contributed by atoms with Gasteiger partial charge in [0.2, 0.25) is 0 Å². The first-order valence-electron chi connectivity index (χ1n) is 5.39. The maximum Gasteiger partial charge on any atom is 0.258 e. The van der Waals surface area contributed by atoms with E-state index in [1.807, 2.05) is 6.92 Å². The van der Waals surface area contributed by atoms with Gasteiger partial charge in [0.15, 0.2) is 6.61 Å². The number of methoxy groups -OCH3 is 1. The second-order valence-electron chi connectivity index (χ2n) is 3.79. The summed E-state index contributed by atoms with van der Waals surface area (Å²) in [5.41, 5.74) is 0. The third kappa shape index (κ3) is 5.25. The number of hydrogen-bond donors (Lipinski definition) is 1. The average molecular weight is 337 g/mol. The van der Waals surface area contributed by atoms with E-state index in [4.69, 9.17) is 21.1 Å². The topological polar surface area (TPSA) is 47.6 Å². The van der Waals surface area contributed by atoms with Gasteiger partial charge in [-0.15, -0.1) is 0 Å². The van der Waals surface area contributed by atoms with E-state index in [0.29, 0.717) is 21.9 Å². The molecule has 4 nitrogen and oxygen atoms in total. The molecule has 0 bridgehead atoms. The van der Waals surface area contributed by atoms with Crippen molar-refractivity contribution in [3.05, 3.63) is 27.7 Å². The third-order valence-corrected chi connectivity index (χ3v) is 2.93. The lowest BCUT2D eigenvalue weighted by atomic mass is 10.3. The molecule has 1 N–H and O–H groups in total. The van der Waals surface area contributed by atoms with Gasteiger partial charge in [0.05, 0.1) is 11.1 Å². The van der Waals surface area contributed by atoms with Gasteiger partial charge >= 0.3 is 0 Å². The van der Waals surface area contributed by atoms with Crippen LogP contribution in [0.3, 0.4) is 0 Å². The van der Waals surface area contributed by atoms with Crippen molar-refractivity contribution < 1.29 is 14.3 Å². The highest BCUT2D eigenvalue weighted by Gasteiger charge is 2.09. The number of benzene rings is 1. The Morgan fingerprint density at radius 1 is 1.56 bits per heavy atom. The van der Waals surface area contributed by atoms with Gasteiger partial charge in [-0.05, 0) is 41.1 Å². The van der Waals surface area contributed by atoms with Crippen molar-refractivity contribution in [3.8, 4) is 5.75 Å². The van der Waals surface area contributed by atoms with Gasteiger partial charge in [-0.2, -0.15) is 0 Å². The number of rotatable bonds is 6. The fourth-order valence-electron chi connectivity index (χ4n) is 1.34. The van der Waals surface area contributed by atoms with Gasteiger partial charge in [0, 0.05) is 18.2 Å². The lowest BCUT2D eigenvalue weighted by molar-refractivity contribution is -0.124. The number of carbonyl (C=O) groups excluding carboxylic acids is 1. The molecule has 0 fully saturated rings. The molecule has 0 saturated heterocycles. The Morgan fingerprint density at radius 3 is 2.89 bits per heavy atom. The van der Waals surface area contributed by atoms with Crippen LogP contribution in [-0.2, 0) is 9.53 Å². The zero-order chi connectivity index (χ0) is 13.5. The standard InChI is InChI=1S/C12H15BrClNO3/c1-8(6-17-2)15-12(16)7-18-11-4-3-9(14)5-10(11)13/h3-5,8H,6-7H2,1-2H3,(H,15,16)/t8-/m0/s1. The Hall–Kier alpha value is -0.780. The quantitative estimate of drug-likeness (QED) is 0.869. The van der Waals surface area contributed by atoms with Gasteiger partial charge in [-0.25, -0.2) is 0 Å². The smallest absolute Gasteiger partial charge is 0.258 e.